The molecule has 0 saturated carbocycles. The summed E-state index contributed by atoms with van der Waals surface area (Å²) in [5.41, 5.74) is -0.518. The van der Waals surface area contributed by atoms with Gasteiger partial charge in [0.1, 0.15) is 0 Å². The number of hydrogen-bond donors (Lipinski definition) is 3. The van der Waals surface area contributed by atoms with Crippen molar-refractivity contribution in [1.82, 2.24) is 10.4 Å². The summed E-state index contributed by atoms with van der Waals surface area (Å²) in [5, 5.41) is 19.1. The second-order valence-electron chi connectivity index (χ2n) is 5.71. The molecule has 0 radical (unpaired) electrons. The molecular formula is C13H24N2O5. The van der Waals surface area contributed by atoms with Gasteiger partial charge in [-0.05, 0) is 19.3 Å². The summed E-state index contributed by atoms with van der Waals surface area (Å²) in [7, 11) is 0. The van der Waals surface area contributed by atoms with Gasteiger partial charge in [-0.15, -0.1) is 0 Å². The predicted octanol–water partition coefficient (Wildman–Crippen LogP) is -0.236. The van der Waals surface area contributed by atoms with Crippen molar-refractivity contribution in [3.05, 3.63) is 0 Å². The van der Waals surface area contributed by atoms with Crippen molar-refractivity contribution in [3.8, 4) is 0 Å². The zero-order chi connectivity index (χ0) is 15.3. The number of ether oxygens (including phenoxy) is 1. The quantitative estimate of drug-likeness (QED) is 0.479. The summed E-state index contributed by atoms with van der Waals surface area (Å²) in [6.07, 6.45) is 0.358. The number of carbonyl (C=O) groups is 2. The van der Waals surface area contributed by atoms with Gasteiger partial charge in [-0.3, -0.25) is 14.8 Å². The predicted molar refractivity (Wildman–Crippen MR) is 70.9 cm³/mol. The van der Waals surface area contributed by atoms with Gasteiger partial charge < -0.3 is 14.7 Å². The Kier molecular flexibility index (Phi) is 5.91. The number of nitrogens with zero attached hydrogens (tertiary/aromatic N) is 1. The second-order valence-corrected chi connectivity index (χ2v) is 5.71. The molecule has 2 amide bonds. The van der Waals surface area contributed by atoms with Crippen LogP contribution in [0.5, 0.6) is 0 Å². The number of hydroxylamine groups is 1. The number of carbonyl (C=O) groups excluding carboxylic acids is 2. The number of hydrogen-bond acceptors (Lipinski definition) is 5. The molecule has 7 nitrogen and oxygen atoms in total. The fourth-order valence-corrected chi connectivity index (χ4v) is 2.32. The van der Waals surface area contributed by atoms with Crippen LogP contribution in [0.25, 0.3) is 0 Å². The highest BCUT2D eigenvalue weighted by Crippen LogP contribution is 2.27. The molecule has 0 bridgehead atoms. The molecule has 0 aromatic carbocycles. The Morgan fingerprint density at radius 2 is 1.90 bits per heavy atom. The number of nitrogens with one attached hydrogen (secondary N) is 1. The molecule has 0 aliphatic carbocycles. The normalized spacial score (nSPS) is 20.4. The van der Waals surface area contributed by atoms with Crippen molar-refractivity contribution >= 4 is 11.8 Å². The van der Waals surface area contributed by atoms with E-state index in [1.807, 2.05) is 13.8 Å². The van der Waals surface area contributed by atoms with Crippen LogP contribution in [0.1, 0.15) is 27.2 Å². The summed E-state index contributed by atoms with van der Waals surface area (Å²) >= 11 is 0. The van der Waals surface area contributed by atoms with Crippen LogP contribution in [0.4, 0.5) is 0 Å². The summed E-state index contributed by atoms with van der Waals surface area (Å²) < 4.78 is 5.19. The number of amides is 2. The Balaban J connectivity index is 2.92. The van der Waals surface area contributed by atoms with E-state index >= 15 is 0 Å². The lowest BCUT2D eigenvalue weighted by atomic mass is 9.81. The van der Waals surface area contributed by atoms with E-state index in [0.717, 1.165) is 0 Å². The van der Waals surface area contributed by atoms with Crippen molar-refractivity contribution in [2.24, 2.45) is 11.8 Å². The van der Waals surface area contributed by atoms with Crippen LogP contribution in [-0.4, -0.2) is 58.9 Å². The van der Waals surface area contributed by atoms with Crippen LogP contribution in [0.15, 0.2) is 0 Å². The average Bonchev–Trinajstić information content (AvgIpc) is 2.43. The van der Waals surface area contributed by atoms with Gasteiger partial charge in [0.15, 0.2) is 5.60 Å². The summed E-state index contributed by atoms with van der Waals surface area (Å²) in [6.45, 7) is 6.88. The molecule has 20 heavy (non-hydrogen) atoms. The minimum Gasteiger partial charge on any atom is -0.379 e. The molecule has 2 atom stereocenters. The minimum absolute atomic E-state index is 0.128. The fourth-order valence-electron chi connectivity index (χ4n) is 2.32. The number of aliphatic hydroxyl groups is 1. The second kappa shape index (κ2) is 7.01. The molecule has 1 heterocycles. The summed E-state index contributed by atoms with van der Waals surface area (Å²) in [4.78, 5) is 25.8. The lowest BCUT2D eigenvalue weighted by molar-refractivity contribution is -0.164. The minimum atomic E-state index is -1.95. The Labute approximate surface area is 118 Å². The van der Waals surface area contributed by atoms with Crippen molar-refractivity contribution in [2.45, 2.75) is 32.8 Å². The van der Waals surface area contributed by atoms with E-state index in [4.69, 9.17) is 9.94 Å². The van der Waals surface area contributed by atoms with Gasteiger partial charge >= 0.3 is 0 Å². The number of rotatable bonds is 5. The summed E-state index contributed by atoms with van der Waals surface area (Å²) in [5.74, 6) is -2.02. The molecule has 1 saturated heterocycles. The molecule has 1 aliphatic heterocycles. The standard InChI is InChI=1S/C13H24N2O5/c1-9(2)8-10(13(3,18)12(17)14-19)11(16)15-4-6-20-7-5-15/h9-10,18-19H,4-8H2,1-3H3,(H,14,17)/t10?,13-/m1/s1. The van der Waals surface area contributed by atoms with Crippen LogP contribution in [0.2, 0.25) is 0 Å². The van der Waals surface area contributed by atoms with Gasteiger partial charge in [0, 0.05) is 13.1 Å². The first-order valence-corrected chi connectivity index (χ1v) is 6.84. The van der Waals surface area contributed by atoms with Gasteiger partial charge in [-0.1, -0.05) is 13.8 Å². The van der Waals surface area contributed by atoms with E-state index in [2.05, 4.69) is 0 Å². The fraction of sp³-hybridized carbons (Fsp3) is 0.846. The van der Waals surface area contributed by atoms with E-state index in [1.165, 1.54) is 12.4 Å². The maximum Gasteiger partial charge on any atom is 0.275 e. The molecule has 1 unspecified atom stereocenters. The van der Waals surface area contributed by atoms with E-state index < -0.39 is 17.4 Å². The topological polar surface area (TPSA) is 99.1 Å². The van der Waals surface area contributed by atoms with E-state index in [1.54, 1.807) is 4.90 Å². The maximum atomic E-state index is 12.5. The highest BCUT2D eigenvalue weighted by atomic mass is 16.5. The molecule has 1 aliphatic rings. The molecule has 1 fully saturated rings. The van der Waals surface area contributed by atoms with E-state index in [9.17, 15) is 14.7 Å². The monoisotopic (exact) mass is 288 g/mol. The highest BCUT2D eigenvalue weighted by Gasteiger charge is 2.45. The first-order valence-electron chi connectivity index (χ1n) is 6.84. The molecule has 0 aromatic rings. The molecule has 1 rings (SSSR count). The Morgan fingerprint density at radius 3 is 2.35 bits per heavy atom. The molecular weight excluding hydrogens is 264 g/mol. The molecule has 0 spiro atoms. The van der Waals surface area contributed by atoms with Gasteiger partial charge in [-0.25, -0.2) is 5.48 Å². The lowest BCUT2D eigenvalue weighted by Gasteiger charge is -2.36. The first-order chi connectivity index (χ1) is 9.30. The maximum absolute atomic E-state index is 12.5. The molecule has 0 aromatic heterocycles. The number of morpholine rings is 1. The van der Waals surface area contributed by atoms with Gasteiger partial charge in [0.2, 0.25) is 5.91 Å². The Bertz CT molecular complexity index is 351. The zero-order valence-corrected chi connectivity index (χ0v) is 12.3. The van der Waals surface area contributed by atoms with Crippen molar-refractivity contribution < 1.29 is 24.6 Å². The van der Waals surface area contributed by atoms with Crippen LogP contribution in [-0.2, 0) is 14.3 Å². The van der Waals surface area contributed by atoms with Crippen LogP contribution < -0.4 is 5.48 Å². The third-order valence-corrected chi connectivity index (χ3v) is 3.57. The third-order valence-electron chi connectivity index (χ3n) is 3.57. The Hall–Kier alpha value is -1.18. The largest absolute Gasteiger partial charge is 0.379 e. The van der Waals surface area contributed by atoms with Gasteiger partial charge in [0.25, 0.3) is 5.91 Å². The average molecular weight is 288 g/mol. The highest BCUT2D eigenvalue weighted by molar-refractivity contribution is 5.91. The van der Waals surface area contributed by atoms with Crippen LogP contribution >= 0.6 is 0 Å². The van der Waals surface area contributed by atoms with Crippen molar-refractivity contribution in [1.29, 1.82) is 0 Å². The van der Waals surface area contributed by atoms with E-state index in [0.29, 0.717) is 32.7 Å². The van der Waals surface area contributed by atoms with Gasteiger partial charge in [0.05, 0.1) is 19.1 Å². The van der Waals surface area contributed by atoms with E-state index in [-0.39, 0.29) is 11.8 Å². The Morgan fingerprint density at radius 1 is 1.35 bits per heavy atom. The SMILES string of the molecule is CC(C)CC(C(=O)N1CCOCC1)[C@@](C)(O)C(=O)NO. The zero-order valence-electron chi connectivity index (χ0n) is 12.3. The third kappa shape index (κ3) is 3.91. The summed E-state index contributed by atoms with van der Waals surface area (Å²) in [6, 6.07) is 0. The molecule has 3 N–H and O–H groups in total. The van der Waals surface area contributed by atoms with Crippen molar-refractivity contribution in [2.75, 3.05) is 26.3 Å². The first kappa shape index (κ1) is 16.9. The van der Waals surface area contributed by atoms with Crippen molar-refractivity contribution in [3.63, 3.8) is 0 Å². The lowest BCUT2D eigenvalue weighted by Crippen LogP contribution is -2.56. The molecule has 116 valence electrons. The van der Waals surface area contributed by atoms with Crippen LogP contribution in [0, 0.1) is 11.8 Å². The molecule has 7 heteroatoms. The smallest absolute Gasteiger partial charge is 0.275 e. The van der Waals surface area contributed by atoms with Gasteiger partial charge in [-0.2, -0.15) is 0 Å². The van der Waals surface area contributed by atoms with Crippen LogP contribution in [0.3, 0.4) is 0 Å².